The quantitative estimate of drug-likeness (QED) is 0.531. The van der Waals surface area contributed by atoms with E-state index in [0.29, 0.717) is 5.78 Å². The van der Waals surface area contributed by atoms with Crippen LogP contribution in [0.5, 0.6) is 5.75 Å². The zero-order valence-corrected chi connectivity index (χ0v) is 15.9. The third-order valence-electron chi connectivity index (χ3n) is 3.83. The molecule has 1 aromatic rings. The molecular weight excluding hydrogens is 292 g/mol. The summed E-state index contributed by atoms with van der Waals surface area (Å²) in [6, 6.07) is 7.58. The van der Waals surface area contributed by atoms with E-state index in [-0.39, 0.29) is 21.6 Å². The van der Waals surface area contributed by atoms with Crippen LogP contribution in [0, 0.1) is 5.41 Å². The molecule has 0 heterocycles. The SMILES string of the molecule is CCC[SH](CCC)C(C(=O)c1ccc(OC)cc1)C(C)(C)C. The minimum absolute atomic E-state index is 0.00700. The molecule has 126 valence electrons. The zero-order chi connectivity index (χ0) is 16.8. The second-order valence-corrected chi connectivity index (χ2v) is 9.49. The van der Waals surface area contributed by atoms with E-state index in [4.69, 9.17) is 4.74 Å². The smallest absolute Gasteiger partial charge is 0.174 e. The van der Waals surface area contributed by atoms with Crippen molar-refractivity contribution in [3.05, 3.63) is 29.8 Å². The molecule has 1 aromatic carbocycles. The van der Waals surface area contributed by atoms with Gasteiger partial charge in [-0.3, -0.25) is 4.79 Å². The van der Waals surface area contributed by atoms with Crippen molar-refractivity contribution in [1.29, 1.82) is 0 Å². The lowest BCUT2D eigenvalue weighted by atomic mass is 9.87. The van der Waals surface area contributed by atoms with Gasteiger partial charge in [0.05, 0.1) is 12.4 Å². The first-order valence-electron chi connectivity index (χ1n) is 8.27. The van der Waals surface area contributed by atoms with E-state index in [2.05, 4.69) is 34.6 Å². The molecule has 2 nitrogen and oxygen atoms in total. The third-order valence-corrected chi connectivity index (χ3v) is 7.61. The van der Waals surface area contributed by atoms with Gasteiger partial charge < -0.3 is 4.74 Å². The maximum Gasteiger partial charge on any atom is 0.174 e. The highest BCUT2D eigenvalue weighted by Gasteiger charge is 2.35. The Morgan fingerprint density at radius 3 is 1.95 bits per heavy atom. The van der Waals surface area contributed by atoms with Gasteiger partial charge in [0, 0.05) is 5.56 Å². The molecule has 1 rings (SSSR count). The maximum atomic E-state index is 13.2. The molecule has 0 aliphatic carbocycles. The first-order valence-corrected chi connectivity index (χ1v) is 10.1. The number of benzene rings is 1. The van der Waals surface area contributed by atoms with Gasteiger partial charge in [-0.05, 0) is 54.0 Å². The summed E-state index contributed by atoms with van der Waals surface area (Å²) in [6.07, 6.45) is 2.32. The molecule has 0 radical (unpaired) electrons. The first-order chi connectivity index (χ1) is 10.3. The van der Waals surface area contributed by atoms with Gasteiger partial charge >= 0.3 is 0 Å². The lowest BCUT2D eigenvalue weighted by molar-refractivity contribution is 0.0949. The number of hydrogen-bond acceptors (Lipinski definition) is 2. The van der Waals surface area contributed by atoms with Crippen molar-refractivity contribution in [3.8, 4) is 5.75 Å². The number of Topliss-reactive ketones (excluding diaryl/α,β-unsaturated/α-hetero) is 1. The van der Waals surface area contributed by atoms with Crippen LogP contribution in [0.3, 0.4) is 0 Å². The summed E-state index contributed by atoms with van der Waals surface area (Å²) in [7, 11) is 1.38. The van der Waals surface area contributed by atoms with Gasteiger partial charge in [0.15, 0.2) is 5.78 Å². The highest BCUT2D eigenvalue weighted by Crippen LogP contribution is 2.44. The summed E-state index contributed by atoms with van der Waals surface area (Å²) in [4.78, 5) is 13.2. The molecular formula is C19H32O2S. The van der Waals surface area contributed by atoms with Crippen molar-refractivity contribution in [2.45, 2.75) is 52.7 Å². The number of carbonyl (C=O) groups is 1. The Bertz CT molecular complexity index is 453. The molecule has 0 aliphatic heterocycles. The Morgan fingerprint density at radius 2 is 1.59 bits per heavy atom. The van der Waals surface area contributed by atoms with Crippen molar-refractivity contribution in [3.63, 3.8) is 0 Å². The van der Waals surface area contributed by atoms with Gasteiger partial charge in [-0.1, -0.05) is 34.6 Å². The number of hydrogen-bond donors (Lipinski definition) is 1. The Morgan fingerprint density at radius 1 is 1.09 bits per heavy atom. The van der Waals surface area contributed by atoms with Gasteiger partial charge in [0.1, 0.15) is 5.75 Å². The Labute approximate surface area is 139 Å². The second-order valence-electron chi connectivity index (χ2n) is 6.90. The molecule has 0 aromatic heterocycles. The summed E-state index contributed by atoms with van der Waals surface area (Å²) in [5.74, 6) is 3.48. The fourth-order valence-corrected chi connectivity index (χ4v) is 6.43. The fourth-order valence-electron chi connectivity index (χ4n) is 2.96. The molecule has 22 heavy (non-hydrogen) atoms. The monoisotopic (exact) mass is 324 g/mol. The maximum absolute atomic E-state index is 13.2. The van der Waals surface area contributed by atoms with E-state index in [1.165, 1.54) is 11.5 Å². The van der Waals surface area contributed by atoms with Crippen LogP contribution < -0.4 is 4.74 Å². The highest BCUT2D eigenvalue weighted by atomic mass is 32.2. The lowest BCUT2D eigenvalue weighted by Gasteiger charge is -2.39. The summed E-state index contributed by atoms with van der Waals surface area (Å²) >= 11 is 0. The van der Waals surface area contributed by atoms with E-state index < -0.39 is 0 Å². The minimum atomic E-state index is -0.267. The molecule has 3 heteroatoms. The van der Waals surface area contributed by atoms with Crippen molar-refractivity contribution in [2.75, 3.05) is 18.6 Å². The fraction of sp³-hybridized carbons (Fsp3) is 0.632. The van der Waals surface area contributed by atoms with Crippen LogP contribution in [-0.2, 0) is 0 Å². The van der Waals surface area contributed by atoms with Crippen LogP contribution in [0.25, 0.3) is 0 Å². The molecule has 0 spiro atoms. The van der Waals surface area contributed by atoms with Crippen LogP contribution in [-0.4, -0.2) is 29.6 Å². The Hall–Kier alpha value is -0.960. The minimum Gasteiger partial charge on any atom is -0.497 e. The first kappa shape index (κ1) is 19.1. The van der Waals surface area contributed by atoms with Crippen molar-refractivity contribution in [2.24, 2.45) is 5.41 Å². The predicted molar refractivity (Wildman–Crippen MR) is 99.9 cm³/mol. The van der Waals surface area contributed by atoms with Gasteiger partial charge in [-0.15, -0.1) is 0 Å². The van der Waals surface area contributed by atoms with Crippen LogP contribution in [0.15, 0.2) is 24.3 Å². The summed E-state index contributed by atoms with van der Waals surface area (Å²) < 4.78 is 5.19. The van der Waals surface area contributed by atoms with E-state index in [9.17, 15) is 4.79 Å². The molecule has 0 N–H and O–H groups in total. The second kappa shape index (κ2) is 8.61. The number of rotatable bonds is 8. The third kappa shape index (κ3) is 5.05. The normalized spacial score (nSPS) is 13.6. The molecule has 0 aliphatic rings. The van der Waals surface area contributed by atoms with E-state index in [0.717, 1.165) is 24.2 Å². The van der Waals surface area contributed by atoms with Gasteiger partial charge in [0.25, 0.3) is 0 Å². The molecule has 0 amide bonds. The van der Waals surface area contributed by atoms with Gasteiger partial charge in [-0.2, -0.15) is 0 Å². The van der Waals surface area contributed by atoms with Crippen LogP contribution >= 0.6 is 10.9 Å². The van der Waals surface area contributed by atoms with Crippen molar-refractivity contribution < 1.29 is 9.53 Å². The summed E-state index contributed by atoms with van der Waals surface area (Å²) in [5, 5.41) is 0.135. The molecule has 0 bridgehead atoms. The number of ketones is 1. The molecule has 0 saturated heterocycles. The van der Waals surface area contributed by atoms with E-state index >= 15 is 0 Å². The largest absolute Gasteiger partial charge is 0.497 e. The van der Waals surface area contributed by atoms with E-state index in [1.54, 1.807) is 7.11 Å². The Kier molecular flexibility index (Phi) is 7.47. The van der Waals surface area contributed by atoms with Crippen molar-refractivity contribution in [1.82, 2.24) is 0 Å². The van der Waals surface area contributed by atoms with Crippen LogP contribution in [0.4, 0.5) is 0 Å². The van der Waals surface area contributed by atoms with Gasteiger partial charge in [-0.25, -0.2) is 10.9 Å². The number of methoxy groups -OCH3 is 1. The van der Waals surface area contributed by atoms with Gasteiger partial charge in [0.2, 0.25) is 0 Å². The van der Waals surface area contributed by atoms with Crippen LogP contribution in [0.2, 0.25) is 0 Å². The average Bonchev–Trinajstić information content (AvgIpc) is 2.46. The lowest BCUT2D eigenvalue weighted by Crippen LogP contribution is -2.36. The Balaban J connectivity index is 3.11. The summed E-state index contributed by atoms with van der Waals surface area (Å²) in [5.41, 5.74) is 0.827. The summed E-state index contributed by atoms with van der Waals surface area (Å²) in [6.45, 7) is 11.1. The average molecular weight is 325 g/mol. The number of thiol groups is 1. The topological polar surface area (TPSA) is 26.3 Å². The number of ether oxygens (including phenoxy) is 1. The number of carbonyl (C=O) groups excluding carboxylic acids is 1. The molecule has 1 atom stereocenters. The molecule has 0 saturated carbocycles. The molecule has 1 unspecified atom stereocenters. The van der Waals surface area contributed by atoms with Crippen LogP contribution in [0.1, 0.15) is 57.8 Å². The zero-order valence-electron chi connectivity index (χ0n) is 15.0. The highest BCUT2D eigenvalue weighted by molar-refractivity contribution is 8.18. The van der Waals surface area contributed by atoms with E-state index in [1.807, 2.05) is 24.3 Å². The predicted octanol–water partition coefficient (Wildman–Crippen LogP) is 5.11. The standard InChI is InChI=1S/C19H32O2S/c1-7-13-22(14-8-2)18(19(3,4)5)17(20)15-9-11-16(21-6)12-10-15/h9-12,18,22H,7-8,13-14H2,1-6H3. The van der Waals surface area contributed by atoms with Crippen molar-refractivity contribution >= 4 is 16.7 Å². The molecule has 0 fully saturated rings.